The zero-order valence-corrected chi connectivity index (χ0v) is 13.7. The van der Waals surface area contributed by atoms with Crippen molar-refractivity contribution in [2.24, 2.45) is 0 Å². The molecule has 0 atom stereocenters. The molecule has 128 valence electrons. The Balaban J connectivity index is 1.61. The number of aromatic amines is 1. The van der Waals surface area contributed by atoms with Gasteiger partial charge in [-0.05, 0) is 17.7 Å². The topological polar surface area (TPSA) is 90.1 Å². The third-order valence-corrected chi connectivity index (χ3v) is 4.47. The molecule has 0 saturated carbocycles. The predicted octanol–water partition coefficient (Wildman–Crippen LogP) is 0.417. The summed E-state index contributed by atoms with van der Waals surface area (Å²) in [4.78, 5) is 32.7. The van der Waals surface area contributed by atoms with E-state index >= 15 is 0 Å². The Bertz CT molecular complexity index is 896. The molecule has 0 aliphatic carbocycles. The van der Waals surface area contributed by atoms with Gasteiger partial charge in [-0.25, -0.2) is 4.98 Å². The van der Waals surface area contributed by atoms with Crippen molar-refractivity contribution in [2.75, 3.05) is 26.2 Å². The molecule has 1 aromatic heterocycles. The van der Waals surface area contributed by atoms with Crippen LogP contribution < -0.4 is 16.2 Å². The van der Waals surface area contributed by atoms with Crippen LogP contribution in [0.15, 0.2) is 35.4 Å². The molecule has 0 unspecified atom stereocenters. The number of H-pyrrole nitrogens is 1. The number of rotatable bonds is 3. The summed E-state index contributed by atoms with van der Waals surface area (Å²) in [5, 5.41) is 6.20. The van der Waals surface area contributed by atoms with Gasteiger partial charge in [0.15, 0.2) is 0 Å². The van der Waals surface area contributed by atoms with E-state index in [0.717, 1.165) is 43.9 Å². The number of aromatic nitrogens is 2. The van der Waals surface area contributed by atoms with Gasteiger partial charge in [-0.1, -0.05) is 12.1 Å². The minimum Gasteiger partial charge on any atom is -0.321 e. The van der Waals surface area contributed by atoms with Crippen molar-refractivity contribution in [1.29, 1.82) is 0 Å². The van der Waals surface area contributed by atoms with Crippen LogP contribution in [-0.4, -0.2) is 47.0 Å². The summed E-state index contributed by atoms with van der Waals surface area (Å²) in [6, 6.07) is 7.37. The van der Waals surface area contributed by atoms with Crippen LogP contribution >= 0.6 is 0 Å². The van der Waals surface area contributed by atoms with Crippen molar-refractivity contribution in [2.45, 2.75) is 6.54 Å². The third kappa shape index (κ3) is 3.38. The van der Waals surface area contributed by atoms with Gasteiger partial charge >= 0.3 is 0 Å². The van der Waals surface area contributed by atoms with Gasteiger partial charge in [0.25, 0.3) is 11.5 Å². The van der Waals surface area contributed by atoms with Crippen molar-refractivity contribution in [1.82, 2.24) is 25.5 Å². The highest BCUT2D eigenvalue weighted by molar-refractivity contribution is 6.11. The maximum atomic E-state index is 12.3. The average Bonchev–Trinajstić information content (AvgIpc) is 2.91. The molecule has 7 nitrogen and oxygen atoms in total. The first kappa shape index (κ1) is 15.7. The molecule has 3 N–H and O–H groups in total. The maximum absolute atomic E-state index is 12.3. The number of carbonyl (C=O) groups is 1. The smallest absolute Gasteiger partial charge is 0.256 e. The molecule has 0 radical (unpaired) electrons. The van der Waals surface area contributed by atoms with Crippen molar-refractivity contribution in [3.05, 3.63) is 63.3 Å². The lowest BCUT2D eigenvalue weighted by atomic mass is 10.0. The van der Waals surface area contributed by atoms with Gasteiger partial charge in [0.1, 0.15) is 0 Å². The first-order chi connectivity index (χ1) is 12.2. The Morgan fingerprint density at radius 2 is 1.96 bits per heavy atom. The van der Waals surface area contributed by atoms with E-state index in [4.69, 9.17) is 0 Å². The fourth-order valence-electron chi connectivity index (χ4n) is 3.22. The Morgan fingerprint density at radius 3 is 2.76 bits per heavy atom. The molecule has 0 spiro atoms. The van der Waals surface area contributed by atoms with E-state index in [-0.39, 0.29) is 11.5 Å². The number of piperazine rings is 1. The summed E-state index contributed by atoms with van der Waals surface area (Å²) in [5.41, 5.74) is 3.60. The second-order valence-corrected chi connectivity index (χ2v) is 6.25. The summed E-state index contributed by atoms with van der Waals surface area (Å²) >= 11 is 0. The van der Waals surface area contributed by atoms with E-state index in [9.17, 15) is 9.59 Å². The highest BCUT2D eigenvalue weighted by Gasteiger charge is 2.24. The molecular formula is C18H19N5O2. The summed E-state index contributed by atoms with van der Waals surface area (Å²) in [6.45, 7) is 4.88. The van der Waals surface area contributed by atoms with Crippen LogP contribution in [0.5, 0.6) is 0 Å². The highest BCUT2D eigenvalue weighted by atomic mass is 16.2. The first-order valence-electron chi connectivity index (χ1n) is 8.33. The molecule has 2 aromatic rings. The van der Waals surface area contributed by atoms with Crippen molar-refractivity contribution in [3.8, 4) is 0 Å². The van der Waals surface area contributed by atoms with Gasteiger partial charge in [-0.3, -0.25) is 14.5 Å². The van der Waals surface area contributed by atoms with Gasteiger partial charge in [-0.2, -0.15) is 0 Å². The molecule has 2 aliphatic rings. The van der Waals surface area contributed by atoms with Crippen LogP contribution in [0.2, 0.25) is 0 Å². The molecule has 0 bridgehead atoms. The number of nitrogens with one attached hydrogen (secondary N) is 3. The van der Waals surface area contributed by atoms with Gasteiger partial charge < -0.3 is 15.6 Å². The Labute approximate surface area is 144 Å². The lowest BCUT2D eigenvalue weighted by Crippen LogP contribution is -2.42. The van der Waals surface area contributed by atoms with E-state index in [1.165, 1.54) is 12.4 Å². The van der Waals surface area contributed by atoms with E-state index in [0.29, 0.717) is 17.0 Å². The van der Waals surface area contributed by atoms with Crippen LogP contribution in [0.25, 0.3) is 11.8 Å². The van der Waals surface area contributed by atoms with Crippen molar-refractivity contribution < 1.29 is 4.79 Å². The van der Waals surface area contributed by atoms with Gasteiger partial charge in [-0.15, -0.1) is 0 Å². The molecule has 1 aromatic carbocycles. The Morgan fingerprint density at radius 1 is 1.12 bits per heavy atom. The maximum Gasteiger partial charge on any atom is 0.256 e. The SMILES string of the molecule is O=C1N/C(=C/c2cc(=O)[nH]cn2)c2ccc(CN3CCNCC3)cc21. The molecule has 3 heterocycles. The molecule has 4 rings (SSSR count). The van der Waals surface area contributed by atoms with Crippen LogP contribution in [0, 0.1) is 0 Å². The van der Waals surface area contributed by atoms with Crippen LogP contribution in [-0.2, 0) is 6.54 Å². The molecule has 2 aliphatic heterocycles. The zero-order chi connectivity index (χ0) is 17.2. The lowest BCUT2D eigenvalue weighted by Gasteiger charge is -2.27. The largest absolute Gasteiger partial charge is 0.321 e. The molecule has 25 heavy (non-hydrogen) atoms. The fourth-order valence-corrected chi connectivity index (χ4v) is 3.22. The molecule has 1 amide bonds. The number of benzene rings is 1. The normalized spacial score (nSPS) is 19.0. The van der Waals surface area contributed by atoms with Crippen LogP contribution in [0.1, 0.15) is 27.2 Å². The molecule has 1 fully saturated rings. The number of carbonyl (C=O) groups excluding carboxylic acids is 1. The number of fused-ring (bicyclic) bond motifs is 1. The Kier molecular flexibility index (Phi) is 4.17. The zero-order valence-electron chi connectivity index (χ0n) is 13.7. The number of amides is 1. The van der Waals surface area contributed by atoms with Crippen LogP contribution in [0.4, 0.5) is 0 Å². The quantitative estimate of drug-likeness (QED) is 0.755. The average molecular weight is 337 g/mol. The van der Waals surface area contributed by atoms with Crippen LogP contribution in [0.3, 0.4) is 0 Å². The summed E-state index contributed by atoms with van der Waals surface area (Å²) < 4.78 is 0. The third-order valence-electron chi connectivity index (χ3n) is 4.47. The van der Waals surface area contributed by atoms with E-state index in [2.05, 4.69) is 31.6 Å². The molecular weight excluding hydrogens is 318 g/mol. The van der Waals surface area contributed by atoms with Crippen molar-refractivity contribution >= 4 is 17.7 Å². The van der Waals surface area contributed by atoms with E-state index < -0.39 is 0 Å². The van der Waals surface area contributed by atoms with E-state index in [1.807, 2.05) is 12.1 Å². The summed E-state index contributed by atoms with van der Waals surface area (Å²) in [7, 11) is 0. The summed E-state index contributed by atoms with van der Waals surface area (Å²) in [6.07, 6.45) is 3.07. The second-order valence-electron chi connectivity index (χ2n) is 6.25. The number of hydrogen-bond acceptors (Lipinski definition) is 5. The van der Waals surface area contributed by atoms with E-state index in [1.54, 1.807) is 6.08 Å². The predicted molar refractivity (Wildman–Crippen MR) is 94.8 cm³/mol. The van der Waals surface area contributed by atoms with Crippen molar-refractivity contribution in [3.63, 3.8) is 0 Å². The number of hydrogen-bond donors (Lipinski definition) is 3. The standard InChI is InChI=1S/C18H19N5O2/c24-17-9-13(20-11-21-17)8-16-14-2-1-12(7-15(14)18(25)22-16)10-23-5-3-19-4-6-23/h1-2,7-9,11,19H,3-6,10H2,(H,22,25)(H,20,21,24)/b16-8+. The highest BCUT2D eigenvalue weighted by Crippen LogP contribution is 2.27. The first-order valence-corrected chi connectivity index (χ1v) is 8.33. The van der Waals surface area contributed by atoms with Gasteiger partial charge in [0.05, 0.1) is 17.7 Å². The summed E-state index contributed by atoms with van der Waals surface area (Å²) in [5.74, 6) is -0.117. The Hall–Kier alpha value is -2.77. The lowest BCUT2D eigenvalue weighted by molar-refractivity contribution is 0.0981. The van der Waals surface area contributed by atoms with Gasteiger partial charge in [0.2, 0.25) is 0 Å². The fraction of sp³-hybridized carbons (Fsp3) is 0.278. The minimum atomic E-state index is -0.224. The molecule has 7 heteroatoms. The second kappa shape index (κ2) is 6.62. The van der Waals surface area contributed by atoms with Gasteiger partial charge in [0, 0.05) is 49.9 Å². The minimum absolute atomic E-state index is 0.117. The number of nitrogens with zero attached hydrogens (tertiary/aromatic N) is 2. The monoisotopic (exact) mass is 337 g/mol. The molecule has 1 saturated heterocycles.